The van der Waals surface area contributed by atoms with Crippen LogP contribution in [0.5, 0.6) is 0 Å². The molecule has 0 amide bonds. The van der Waals surface area contributed by atoms with Gasteiger partial charge in [0.05, 0.1) is 5.41 Å². The Morgan fingerprint density at radius 2 is 1.28 bits per heavy atom. The normalized spacial score (nSPS) is 30.0. The molecule has 0 aliphatic heterocycles. The lowest BCUT2D eigenvalue weighted by atomic mass is 9.67. The summed E-state index contributed by atoms with van der Waals surface area (Å²) in [4.78, 5) is 12.3. The summed E-state index contributed by atoms with van der Waals surface area (Å²) in [5.74, 6) is -4.64. The minimum absolute atomic E-state index is 0.00242. The third-order valence-electron chi connectivity index (χ3n) is 6.24. The smallest absolute Gasteiger partial charge is 0.417 e. The van der Waals surface area contributed by atoms with E-state index >= 15 is 0 Å². The van der Waals surface area contributed by atoms with E-state index in [9.17, 15) is 45.7 Å². The number of rotatable bonds is 6. The van der Waals surface area contributed by atoms with Crippen molar-refractivity contribution in [2.45, 2.75) is 83.0 Å². The fourth-order valence-electron chi connectivity index (χ4n) is 3.33. The maximum absolute atomic E-state index is 13.3. The molecule has 0 bridgehead atoms. The average molecular weight is 440 g/mol. The number of ether oxygens (including phenoxy) is 1. The second-order valence-corrected chi connectivity index (χ2v) is 8.47. The van der Waals surface area contributed by atoms with E-state index in [4.69, 9.17) is 4.74 Å². The highest BCUT2D eigenvalue weighted by molar-refractivity contribution is 5.76. The molecule has 4 nitrogen and oxygen atoms in total. The first-order valence-electron chi connectivity index (χ1n) is 9.18. The lowest BCUT2D eigenvalue weighted by Gasteiger charge is -2.46. The van der Waals surface area contributed by atoms with Crippen LogP contribution >= 0.6 is 0 Å². The molecule has 0 aromatic carbocycles. The highest BCUT2D eigenvalue weighted by Gasteiger charge is 2.61. The number of carbonyl (C=O) groups is 1. The van der Waals surface area contributed by atoms with Crippen molar-refractivity contribution >= 4 is 5.97 Å². The highest BCUT2D eigenvalue weighted by atomic mass is 19.4. The van der Waals surface area contributed by atoms with Crippen LogP contribution in [-0.2, 0) is 9.53 Å². The van der Waals surface area contributed by atoms with Gasteiger partial charge in [0.25, 0.3) is 0 Å². The molecule has 5 unspecified atom stereocenters. The number of hydrogen-bond donors (Lipinski definition) is 2. The van der Waals surface area contributed by atoms with E-state index < -0.39 is 78.8 Å². The zero-order valence-electron chi connectivity index (χ0n) is 16.6. The van der Waals surface area contributed by atoms with E-state index in [1.807, 2.05) is 0 Å². The number of carbonyl (C=O) groups excluding carboxylic acids is 1. The monoisotopic (exact) mass is 440 g/mol. The molecule has 1 saturated carbocycles. The van der Waals surface area contributed by atoms with E-state index in [1.54, 1.807) is 0 Å². The number of alkyl halides is 7. The Kier molecular flexibility index (Phi) is 7.34. The predicted molar refractivity (Wildman–Crippen MR) is 88.4 cm³/mol. The van der Waals surface area contributed by atoms with Crippen LogP contribution in [0.25, 0.3) is 0 Å². The summed E-state index contributed by atoms with van der Waals surface area (Å²) in [6.07, 6.45) is -13.7. The Bertz CT molecular complexity index is 546. The van der Waals surface area contributed by atoms with Crippen molar-refractivity contribution in [1.29, 1.82) is 0 Å². The molecule has 11 heteroatoms. The van der Waals surface area contributed by atoms with Gasteiger partial charge in [0.2, 0.25) is 0 Å². The quantitative estimate of drug-likeness (QED) is 0.477. The second kappa shape index (κ2) is 8.20. The molecule has 172 valence electrons. The Labute approximate surface area is 164 Å². The van der Waals surface area contributed by atoms with Crippen LogP contribution in [0.1, 0.15) is 53.4 Å². The molecule has 0 aromatic rings. The first-order valence-corrected chi connectivity index (χ1v) is 9.18. The summed E-state index contributed by atoms with van der Waals surface area (Å²) < 4.78 is 97.9. The third-order valence-corrected chi connectivity index (χ3v) is 6.24. The van der Waals surface area contributed by atoms with Gasteiger partial charge in [0, 0.05) is 11.8 Å². The van der Waals surface area contributed by atoms with Crippen molar-refractivity contribution in [2.24, 2.45) is 17.3 Å². The van der Waals surface area contributed by atoms with Gasteiger partial charge in [-0.05, 0) is 46.5 Å². The van der Waals surface area contributed by atoms with Gasteiger partial charge >= 0.3 is 18.3 Å². The lowest BCUT2D eigenvalue weighted by Crippen LogP contribution is -2.57. The van der Waals surface area contributed by atoms with Crippen molar-refractivity contribution in [2.75, 3.05) is 6.67 Å². The molecule has 0 saturated heterocycles. The zero-order valence-corrected chi connectivity index (χ0v) is 16.6. The molecule has 0 heterocycles. The second-order valence-electron chi connectivity index (χ2n) is 8.47. The largest absolute Gasteiger partial charge is 0.462 e. The summed E-state index contributed by atoms with van der Waals surface area (Å²) >= 11 is 0. The van der Waals surface area contributed by atoms with Crippen LogP contribution in [0.15, 0.2) is 0 Å². The summed E-state index contributed by atoms with van der Waals surface area (Å²) in [7, 11) is 0. The summed E-state index contributed by atoms with van der Waals surface area (Å²) in [5, 5.41) is 20.0. The van der Waals surface area contributed by atoms with Crippen LogP contribution in [0.4, 0.5) is 30.7 Å². The van der Waals surface area contributed by atoms with Crippen LogP contribution in [0, 0.1) is 17.3 Å². The van der Waals surface area contributed by atoms with E-state index in [2.05, 4.69) is 0 Å². The van der Waals surface area contributed by atoms with E-state index in [0.717, 1.165) is 0 Å². The van der Waals surface area contributed by atoms with E-state index in [1.165, 1.54) is 13.8 Å². The van der Waals surface area contributed by atoms with Crippen molar-refractivity contribution in [3.8, 4) is 0 Å². The first kappa shape index (κ1) is 25.9. The molecule has 0 spiro atoms. The van der Waals surface area contributed by atoms with Gasteiger partial charge in [0.15, 0.2) is 11.2 Å². The SMILES string of the molecule is CCC(C)(CF)C(=O)OC1CC(C(C)(O)C(F)(F)F)CC(C(C)(O)C(F)(F)F)C1. The van der Waals surface area contributed by atoms with Crippen molar-refractivity contribution in [3.05, 3.63) is 0 Å². The Morgan fingerprint density at radius 3 is 1.55 bits per heavy atom. The number of hydrogen-bond acceptors (Lipinski definition) is 4. The molecule has 5 atom stereocenters. The molecule has 0 radical (unpaired) electrons. The van der Waals surface area contributed by atoms with Crippen LogP contribution in [0.3, 0.4) is 0 Å². The molecule has 1 fully saturated rings. The fraction of sp³-hybridized carbons (Fsp3) is 0.944. The predicted octanol–water partition coefficient (Wildman–Crippen LogP) is 4.33. The van der Waals surface area contributed by atoms with Crippen LogP contribution in [-0.4, -0.2) is 52.5 Å². The lowest BCUT2D eigenvalue weighted by molar-refractivity contribution is -0.299. The summed E-state index contributed by atoms with van der Waals surface area (Å²) in [6, 6.07) is 0. The standard InChI is InChI=1S/C18H27F7O4/c1-5-14(2,9-19)13(26)29-12-7-10(15(3,27)17(20,21)22)6-11(8-12)16(4,28)18(23,24)25/h10-12,27-28H,5-9H2,1-4H3. The molecule has 1 rings (SSSR count). The van der Waals surface area contributed by atoms with Gasteiger partial charge in [-0.2, -0.15) is 26.3 Å². The molecule has 2 N–H and O–H groups in total. The highest BCUT2D eigenvalue weighted by Crippen LogP contribution is 2.50. The van der Waals surface area contributed by atoms with Gasteiger partial charge in [0.1, 0.15) is 12.8 Å². The molecule has 1 aliphatic carbocycles. The third kappa shape index (κ3) is 5.15. The molecular weight excluding hydrogens is 413 g/mol. The molecule has 29 heavy (non-hydrogen) atoms. The Morgan fingerprint density at radius 1 is 0.897 bits per heavy atom. The van der Waals surface area contributed by atoms with Crippen molar-refractivity contribution in [3.63, 3.8) is 0 Å². The number of esters is 1. The van der Waals surface area contributed by atoms with Crippen LogP contribution < -0.4 is 0 Å². The topological polar surface area (TPSA) is 66.8 Å². The van der Waals surface area contributed by atoms with Gasteiger partial charge < -0.3 is 14.9 Å². The molecule has 0 aromatic heterocycles. The van der Waals surface area contributed by atoms with Gasteiger partial charge in [-0.1, -0.05) is 6.92 Å². The van der Waals surface area contributed by atoms with Gasteiger partial charge in [-0.3, -0.25) is 4.79 Å². The number of aliphatic hydroxyl groups is 2. The molecule has 1 aliphatic rings. The zero-order chi connectivity index (χ0) is 23.1. The van der Waals surface area contributed by atoms with Gasteiger partial charge in [-0.25, -0.2) is 4.39 Å². The van der Waals surface area contributed by atoms with Crippen molar-refractivity contribution < 1.29 is 50.5 Å². The van der Waals surface area contributed by atoms with E-state index in [0.29, 0.717) is 13.8 Å². The average Bonchev–Trinajstić information content (AvgIpc) is 2.58. The van der Waals surface area contributed by atoms with Crippen molar-refractivity contribution in [1.82, 2.24) is 0 Å². The Balaban J connectivity index is 3.25. The minimum Gasteiger partial charge on any atom is -0.462 e. The number of halogens is 7. The fourth-order valence-corrected chi connectivity index (χ4v) is 3.33. The van der Waals surface area contributed by atoms with Gasteiger partial charge in [-0.15, -0.1) is 0 Å². The Hall–Kier alpha value is -1.10. The van der Waals surface area contributed by atoms with Crippen LogP contribution in [0.2, 0.25) is 0 Å². The maximum Gasteiger partial charge on any atom is 0.417 e. The summed E-state index contributed by atoms with van der Waals surface area (Å²) in [6.45, 7) is 2.45. The van der Waals surface area contributed by atoms with E-state index in [-0.39, 0.29) is 6.42 Å². The summed E-state index contributed by atoms with van der Waals surface area (Å²) in [5.41, 5.74) is -8.33. The first-order chi connectivity index (χ1) is 12.8. The maximum atomic E-state index is 13.3. The molecular formula is C18H27F7O4. The minimum atomic E-state index is -5.16.